The Morgan fingerprint density at radius 3 is 2.53 bits per heavy atom. The summed E-state index contributed by atoms with van der Waals surface area (Å²) in [5, 5.41) is 11.9. The number of hydrogen-bond acceptors (Lipinski definition) is 5. The van der Waals surface area contributed by atoms with E-state index in [-0.39, 0.29) is 16.9 Å². The number of aliphatic hydroxyl groups excluding tert-OH is 1. The van der Waals surface area contributed by atoms with Crippen LogP contribution in [0.4, 0.5) is 9.52 Å². The number of aliphatic hydroxyl groups is 1. The smallest absolute Gasteiger partial charge is 0.301 e. The van der Waals surface area contributed by atoms with Crippen LogP contribution in [0.1, 0.15) is 28.3 Å². The predicted octanol–water partition coefficient (Wildman–Crippen LogP) is 6.33. The molecule has 1 saturated heterocycles. The number of halogens is 2. The number of anilines is 1. The maximum absolute atomic E-state index is 13.4. The Hall–Kier alpha value is -3.55. The number of nitrogens with zero attached hydrogens (tertiary/aromatic N) is 2. The molecule has 1 atom stereocenters. The molecule has 3 aromatic carbocycles. The number of rotatable bonds is 3. The highest BCUT2D eigenvalue weighted by Gasteiger charge is 2.48. The highest BCUT2D eigenvalue weighted by molar-refractivity contribution is 7.22. The van der Waals surface area contributed by atoms with Gasteiger partial charge in [0.15, 0.2) is 5.13 Å². The Balaban J connectivity index is 1.75. The van der Waals surface area contributed by atoms with Crippen molar-refractivity contribution < 1.29 is 19.1 Å². The van der Waals surface area contributed by atoms with E-state index in [0.717, 1.165) is 21.3 Å². The first-order chi connectivity index (χ1) is 16.2. The van der Waals surface area contributed by atoms with Gasteiger partial charge < -0.3 is 5.11 Å². The van der Waals surface area contributed by atoms with Crippen molar-refractivity contribution >= 4 is 55.7 Å². The molecule has 1 aromatic heterocycles. The first-order valence-electron chi connectivity index (χ1n) is 10.4. The number of aryl methyl sites for hydroxylation is 2. The van der Waals surface area contributed by atoms with Crippen LogP contribution in [-0.2, 0) is 9.59 Å². The van der Waals surface area contributed by atoms with Gasteiger partial charge in [-0.2, -0.15) is 0 Å². The second-order valence-electron chi connectivity index (χ2n) is 8.16. The van der Waals surface area contributed by atoms with Crippen molar-refractivity contribution in [3.63, 3.8) is 0 Å². The Morgan fingerprint density at radius 1 is 1.09 bits per heavy atom. The molecule has 170 valence electrons. The first kappa shape index (κ1) is 22.3. The molecular formula is C26H18ClFN2O3S. The minimum absolute atomic E-state index is 0.106. The fourth-order valence-electron chi connectivity index (χ4n) is 4.25. The van der Waals surface area contributed by atoms with Crippen LogP contribution in [0.5, 0.6) is 0 Å². The quantitative estimate of drug-likeness (QED) is 0.206. The molecule has 1 aliphatic rings. The summed E-state index contributed by atoms with van der Waals surface area (Å²) in [5.41, 5.74) is 3.43. The maximum atomic E-state index is 13.4. The van der Waals surface area contributed by atoms with Crippen LogP contribution in [0.2, 0.25) is 5.02 Å². The molecule has 1 unspecified atom stereocenters. The van der Waals surface area contributed by atoms with Crippen molar-refractivity contribution in [2.24, 2.45) is 0 Å². The van der Waals surface area contributed by atoms with E-state index in [1.807, 2.05) is 26.0 Å². The molecule has 4 aromatic rings. The van der Waals surface area contributed by atoms with Crippen LogP contribution in [-0.4, -0.2) is 21.8 Å². The van der Waals surface area contributed by atoms with Gasteiger partial charge in [-0.1, -0.05) is 41.1 Å². The van der Waals surface area contributed by atoms with Crippen molar-refractivity contribution in [1.29, 1.82) is 0 Å². The monoisotopic (exact) mass is 492 g/mol. The predicted molar refractivity (Wildman–Crippen MR) is 132 cm³/mol. The summed E-state index contributed by atoms with van der Waals surface area (Å²) in [5.74, 6) is -2.52. The van der Waals surface area contributed by atoms with Gasteiger partial charge in [0, 0.05) is 10.6 Å². The second-order valence-corrected chi connectivity index (χ2v) is 9.60. The topological polar surface area (TPSA) is 70.5 Å². The summed E-state index contributed by atoms with van der Waals surface area (Å²) in [6.45, 7) is 3.92. The number of fused-ring (bicyclic) bond motifs is 1. The number of carbonyl (C=O) groups excluding carboxylic acids is 2. The lowest BCUT2D eigenvalue weighted by atomic mass is 9.95. The molecule has 5 rings (SSSR count). The van der Waals surface area contributed by atoms with E-state index in [4.69, 9.17) is 11.6 Å². The zero-order chi connectivity index (χ0) is 24.1. The lowest BCUT2D eigenvalue weighted by Crippen LogP contribution is -2.29. The van der Waals surface area contributed by atoms with Crippen LogP contribution < -0.4 is 4.90 Å². The normalized spacial score (nSPS) is 17.6. The fraction of sp³-hybridized carbons (Fsp3) is 0.115. The molecule has 2 heterocycles. The largest absolute Gasteiger partial charge is 0.507 e. The highest BCUT2D eigenvalue weighted by Crippen LogP contribution is 2.45. The number of thiazole rings is 1. The Labute approximate surface area is 203 Å². The summed E-state index contributed by atoms with van der Waals surface area (Å²) in [7, 11) is 0. The number of aromatic nitrogens is 1. The molecule has 0 bridgehead atoms. The van der Waals surface area contributed by atoms with Crippen LogP contribution in [0.15, 0.2) is 66.2 Å². The zero-order valence-electron chi connectivity index (χ0n) is 18.2. The van der Waals surface area contributed by atoms with Crippen LogP contribution in [0, 0.1) is 19.7 Å². The number of benzene rings is 3. The van der Waals surface area contributed by atoms with E-state index >= 15 is 0 Å². The van der Waals surface area contributed by atoms with Crippen LogP contribution >= 0.6 is 22.9 Å². The standard InChI is InChI=1S/C26H18ClFN2O3S/c1-13-10-14(2)21-19(11-13)34-26(29-21)30-22(16-4-3-5-17(27)12-16)20(24(32)25(30)33)23(31)15-6-8-18(28)9-7-15/h3-12,22,31H,1-2H3/b23-20+. The molecule has 0 aliphatic carbocycles. The highest BCUT2D eigenvalue weighted by atomic mass is 35.5. The van der Waals surface area contributed by atoms with E-state index in [0.29, 0.717) is 15.7 Å². The molecular weight excluding hydrogens is 475 g/mol. The van der Waals surface area contributed by atoms with Crippen molar-refractivity contribution in [1.82, 2.24) is 4.98 Å². The Morgan fingerprint density at radius 2 is 1.82 bits per heavy atom. The third-order valence-electron chi connectivity index (χ3n) is 5.75. The SMILES string of the molecule is Cc1cc(C)c2nc(N3C(=O)C(=O)/C(=C(/O)c4ccc(F)cc4)C3c3cccc(Cl)c3)sc2c1. The molecule has 5 nitrogen and oxygen atoms in total. The molecule has 0 saturated carbocycles. The minimum atomic E-state index is -0.953. The summed E-state index contributed by atoms with van der Waals surface area (Å²) < 4.78 is 14.3. The van der Waals surface area contributed by atoms with Gasteiger partial charge in [-0.15, -0.1) is 0 Å². The molecule has 0 spiro atoms. The minimum Gasteiger partial charge on any atom is -0.507 e. The van der Waals surface area contributed by atoms with Gasteiger partial charge in [-0.3, -0.25) is 14.5 Å². The van der Waals surface area contributed by atoms with Gasteiger partial charge in [0.25, 0.3) is 5.78 Å². The molecule has 8 heteroatoms. The number of ketones is 1. The Bertz CT molecular complexity index is 1510. The van der Waals surface area contributed by atoms with Crippen molar-refractivity contribution in [3.8, 4) is 0 Å². The van der Waals surface area contributed by atoms with E-state index in [9.17, 15) is 19.1 Å². The summed E-state index contributed by atoms with van der Waals surface area (Å²) in [4.78, 5) is 32.5. The third-order valence-corrected chi connectivity index (χ3v) is 6.99. The van der Waals surface area contributed by atoms with Crippen molar-refractivity contribution in [2.75, 3.05) is 4.90 Å². The molecule has 1 fully saturated rings. The molecule has 1 amide bonds. The summed E-state index contributed by atoms with van der Waals surface area (Å²) >= 11 is 7.53. The van der Waals surface area contributed by atoms with Gasteiger partial charge in [0.05, 0.1) is 21.8 Å². The maximum Gasteiger partial charge on any atom is 0.301 e. The first-order valence-corrected chi connectivity index (χ1v) is 11.6. The lowest BCUT2D eigenvalue weighted by Gasteiger charge is -2.23. The summed E-state index contributed by atoms with van der Waals surface area (Å²) in [6.07, 6.45) is 0. The average Bonchev–Trinajstić information content (AvgIpc) is 3.33. The fourth-order valence-corrected chi connectivity index (χ4v) is 5.61. The number of carbonyl (C=O) groups is 2. The van der Waals surface area contributed by atoms with Gasteiger partial charge in [-0.25, -0.2) is 9.37 Å². The lowest BCUT2D eigenvalue weighted by molar-refractivity contribution is -0.132. The molecule has 34 heavy (non-hydrogen) atoms. The number of hydrogen-bond donors (Lipinski definition) is 1. The average molecular weight is 493 g/mol. The van der Waals surface area contributed by atoms with Gasteiger partial charge >= 0.3 is 5.91 Å². The van der Waals surface area contributed by atoms with Crippen molar-refractivity contribution in [3.05, 3.63) is 99.3 Å². The number of Topliss-reactive ketones (excluding diaryl/α,β-unsaturated/α-hetero) is 1. The number of amides is 1. The second kappa shape index (κ2) is 8.34. The van der Waals surface area contributed by atoms with E-state index < -0.39 is 23.5 Å². The molecule has 1 aliphatic heterocycles. The molecule has 0 radical (unpaired) electrons. The molecule has 1 N–H and O–H groups in total. The van der Waals surface area contributed by atoms with Gasteiger partial charge in [0.1, 0.15) is 11.6 Å². The van der Waals surface area contributed by atoms with Crippen LogP contribution in [0.3, 0.4) is 0 Å². The van der Waals surface area contributed by atoms with Gasteiger partial charge in [-0.05, 0) is 73.0 Å². The Kier molecular flexibility index (Phi) is 5.46. The van der Waals surface area contributed by atoms with E-state index in [1.54, 1.807) is 24.3 Å². The van der Waals surface area contributed by atoms with Crippen LogP contribution in [0.25, 0.3) is 16.0 Å². The van der Waals surface area contributed by atoms with E-state index in [2.05, 4.69) is 4.98 Å². The van der Waals surface area contributed by atoms with Gasteiger partial charge in [0.2, 0.25) is 0 Å². The van der Waals surface area contributed by atoms with Crippen molar-refractivity contribution in [2.45, 2.75) is 19.9 Å². The zero-order valence-corrected chi connectivity index (χ0v) is 19.7. The summed E-state index contributed by atoms with van der Waals surface area (Å²) in [6, 6.07) is 14.9. The van der Waals surface area contributed by atoms with E-state index in [1.165, 1.54) is 40.5 Å². The third kappa shape index (κ3) is 3.67.